The number of carbonyl (C=O) groups excluding carboxylic acids is 1. The molecular formula is C15H19FN2O3. The second-order valence-corrected chi connectivity index (χ2v) is 5.79. The van der Waals surface area contributed by atoms with Crippen molar-refractivity contribution in [2.75, 3.05) is 13.2 Å². The van der Waals surface area contributed by atoms with E-state index in [-0.39, 0.29) is 18.4 Å². The van der Waals surface area contributed by atoms with Crippen LogP contribution in [0.15, 0.2) is 29.3 Å². The number of hydrogen-bond donors (Lipinski definition) is 0. The molecule has 1 aliphatic rings. The van der Waals surface area contributed by atoms with Crippen molar-refractivity contribution in [1.82, 2.24) is 4.90 Å². The van der Waals surface area contributed by atoms with Crippen LogP contribution in [0, 0.1) is 5.82 Å². The second kappa shape index (κ2) is 6.11. The highest BCUT2D eigenvalue weighted by Gasteiger charge is 2.27. The van der Waals surface area contributed by atoms with Gasteiger partial charge in [0.15, 0.2) is 11.6 Å². The number of halogens is 1. The molecule has 0 spiro atoms. The van der Waals surface area contributed by atoms with Gasteiger partial charge in [-0.15, -0.1) is 0 Å². The Morgan fingerprint density at radius 3 is 2.81 bits per heavy atom. The van der Waals surface area contributed by atoms with Crippen LogP contribution in [0.4, 0.5) is 9.18 Å². The minimum Gasteiger partial charge on any atom is -0.488 e. The quantitative estimate of drug-likeness (QED) is 0.861. The summed E-state index contributed by atoms with van der Waals surface area (Å²) in [7, 11) is 0. The largest absolute Gasteiger partial charge is 0.488 e. The molecule has 0 N–H and O–H groups in total. The zero-order valence-electron chi connectivity index (χ0n) is 12.4. The van der Waals surface area contributed by atoms with Gasteiger partial charge in [-0.3, -0.25) is 9.89 Å². The van der Waals surface area contributed by atoms with E-state index < -0.39 is 17.5 Å². The predicted octanol–water partition coefficient (Wildman–Crippen LogP) is 2.85. The molecule has 0 radical (unpaired) electrons. The number of amides is 1. The fraction of sp³-hybridized carbons (Fsp3) is 0.467. The van der Waals surface area contributed by atoms with Crippen molar-refractivity contribution in [2.45, 2.75) is 32.4 Å². The molecule has 114 valence electrons. The summed E-state index contributed by atoms with van der Waals surface area (Å²) >= 11 is 0. The van der Waals surface area contributed by atoms with Crippen LogP contribution in [0.3, 0.4) is 0 Å². The highest BCUT2D eigenvalue weighted by atomic mass is 19.1. The third-order valence-electron chi connectivity index (χ3n) is 2.72. The average molecular weight is 294 g/mol. The lowest BCUT2D eigenvalue weighted by molar-refractivity contribution is 0.0379. The molecule has 1 amide bonds. The monoisotopic (exact) mass is 294 g/mol. The summed E-state index contributed by atoms with van der Waals surface area (Å²) in [6.07, 6.45) is 0.989. The molecule has 1 atom stereocenters. The molecule has 1 aromatic rings. The van der Waals surface area contributed by atoms with Crippen LogP contribution in [0.25, 0.3) is 0 Å². The highest BCUT2D eigenvalue weighted by molar-refractivity contribution is 5.84. The van der Waals surface area contributed by atoms with Gasteiger partial charge in [-0.05, 0) is 32.9 Å². The lowest BCUT2D eigenvalue weighted by Gasteiger charge is -2.23. The van der Waals surface area contributed by atoms with Crippen LogP contribution in [-0.4, -0.2) is 42.1 Å². The Labute approximate surface area is 123 Å². The third-order valence-corrected chi connectivity index (χ3v) is 2.72. The van der Waals surface area contributed by atoms with Crippen molar-refractivity contribution < 1.29 is 18.7 Å². The molecule has 1 heterocycles. The van der Waals surface area contributed by atoms with Crippen molar-refractivity contribution in [1.29, 1.82) is 0 Å². The lowest BCUT2D eigenvalue weighted by Crippen LogP contribution is -2.37. The summed E-state index contributed by atoms with van der Waals surface area (Å²) in [6.45, 7) is 5.98. The SMILES string of the molecule is CC(C)(C)OC(=O)N1C=NC(COc2ccccc2F)C1. The van der Waals surface area contributed by atoms with Crippen molar-refractivity contribution in [3.05, 3.63) is 30.1 Å². The Bertz CT molecular complexity index is 540. The van der Waals surface area contributed by atoms with E-state index >= 15 is 0 Å². The van der Waals surface area contributed by atoms with Gasteiger partial charge >= 0.3 is 6.09 Å². The number of rotatable bonds is 3. The summed E-state index contributed by atoms with van der Waals surface area (Å²) in [4.78, 5) is 17.4. The standard InChI is InChI=1S/C15H19FN2O3/c1-15(2,3)21-14(19)18-8-11(17-10-18)9-20-13-7-5-4-6-12(13)16/h4-7,10-11H,8-9H2,1-3H3. The number of ether oxygens (including phenoxy) is 2. The normalized spacial score (nSPS) is 17.9. The van der Waals surface area contributed by atoms with Crippen molar-refractivity contribution in [2.24, 2.45) is 4.99 Å². The van der Waals surface area contributed by atoms with E-state index in [4.69, 9.17) is 9.47 Å². The van der Waals surface area contributed by atoms with E-state index in [1.807, 2.05) is 0 Å². The summed E-state index contributed by atoms with van der Waals surface area (Å²) < 4.78 is 24.0. The van der Waals surface area contributed by atoms with Crippen LogP contribution in [0.1, 0.15) is 20.8 Å². The van der Waals surface area contributed by atoms with Crippen LogP contribution in [0.2, 0.25) is 0 Å². The number of carbonyl (C=O) groups is 1. The van der Waals surface area contributed by atoms with E-state index in [2.05, 4.69) is 4.99 Å². The topological polar surface area (TPSA) is 51.1 Å². The highest BCUT2D eigenvalue weighted by Crippen LogP contribution is 2.17. The molecule has 5 nitrogen and oxygen atoms in total. The van der Waals surface area contributed by atoms with Gasteiger partial charge in [-0.25, -0.2) is 9.18 Å². The van der Waals surface area contributed by atoms with Gasteiger partial charge in [0.05, 0.1) is 12.9 Å². The van der Waals surface area contributed by atoms with Crippen LogP contribution in [-0.2, 0) is 4.74 Å². The minimum atomic E-state index is -0.549. The predicted molar refractivity (Wildman–Crippen MR) is 77.1 cm³/mol. The van der Waals surface area contributed by atoms with E-state index in [1.54, 1.807) is 39.0 Å². The summed E-state index contributed by atoms with van der Waals surface area (Å²) in [5, 5.41) is 0. The first kappa shape index (κ1) is 15.3. The molecule has 0 fully saturated rings. The van der Waals surface area contributed by atoms with Gasteiger partial charge in [-0.2, -0.15) is 0 Å². The number of nitrogens with zero attached hydrogens (tertiary/aromatic N) is 2. The van der Waals surface area contributed by atoms with Gasteiger partial charge in [0.25, 0.3) is 0 Å². The number of para-hydroxylation sites is 1. The molecule has 0 saturated carbocycles. The van der Waals surface area contributed by atoms with Gasteiger partial charge in [-0.1, -0.05) is 12.1 Å². The Kier molecular flexibility index (Phi) is 4.45. The van der Waals surface area contributed by atoms with E-state index in [1.165, 1.54) is 17.3 Å². The molecule has 2 rings (SSSR count). The Morgan fingerprint density at radius 2 is 2.14 bits per heavy atom. The van der Waals surface area contributed by atoms with Gasteiger partial charge < -0.3 is 9.47 Å². The summed E-state index contributed by atoms with van der Waals surface area (Å²) in [6, 6.07) is 5.96. The van der Waals surface area contributed by atoms with Crippen molar-refractivity contribution in [3.8, 4) is 5.75 Å². The van der Waals surface area contributed by atoms with Crippen molar-refractivity contribution >= 4 is 12.4 Å². The molecule has 0 aromatic heterocycles. The fourth-order valence-corrected chi connectivity index (χ4v) is 1.78. The maximum absolute atomic E-state index is 13.4. The zero-order valence-corrected chi connectivity index (χ0v) is 12.4. The Morgan fingerprint density at radius 1 is 1.43 bits per heavy atom. The lowest BCUT2D eigenvalue weighted by atomic mass is 10.2. The van der Waals surface area contributed by atoms with E-state index in [0.717, 1.165) is 0 Å². The van der Waals surface area contributed by atoms with Crippen molar-refractivity contribution in [3.63, 3.8) is 0 Å². The second-order valence-electron chi connectivity index (χ2n) is 5.79. The molecule has 1 aliphatic heterocycles. The number of aliphatic imine (C=N–C) groups is 1. The maximum atomic E-state index is 13.4. The summed E-state index contributed by atoms with van der Waals surface area (Å²) in [5.41, 5.74) is -0.549. The smallest absolute Gasteiger partial charge is 0.415 e. The van der Waals surface area contributed by atoms with Gasteiger partial charge in [0.1, 0.15) is 18.2 Å². The Hall–Kier alpha value is -2.11. The van der Waals surface area contributed by atoms with Crippen LogP contribution >= 0.6 is 0 Å². The number of benzene rings is 1. The molecule has 6 heteroatoms. The zero-order chi connectivity index (χ0) is 15.5. The molecule has 1 unspecified atom stereocenters. The maximum Gasteiger partial charge on any atom is 0.415 e. The van der Waals surface area contributed by atoms with E-state index in [9.17, 15) is 9.18 Å². The van der Waals surface area contributed by atoms with Gasteiger partial charge in [0.2, 0.25) is 0 Å². The van der Waals surface area contributed by atoms with E-state index in [0.29, 0.717) is 6.54 Å². The van der Waals surface area contributed by atoms with Crippen LogP contribution < -0.4 is 4.74 Å². The Balaban J connectivity index is 1.83. The molecule has 0 aliphatic carbocycles. The van der Waals surface area contributed by atoms with Gasteiger partial charge in [0, 0.05) is 0 Å². The fourth-order valence-electron chi connectivity index (χ4n) is 1.78. The number of hydrogen-bond acceptors (Lipinski definition) is 4. The first-order chi connectivity index (χ1) is 9.85. The molecule has 1 aromatic carbocycles. The summed E-state index contributed by atoms with van der Waals surface area (Å²) in [5.74, 6) is -0.230. The first-order valence-corrected chi connectivity index (χ1v) is 6.75. The molecule has 21 heavy (non-hydrogen) atoms. The molecule has 0 bridgehead atoms. The molecular weight excluding hydrogens is 275 g/mol. The third kappa shape index (κ3) is 4.44. The molecule has 0 saturated heterocycles. The average Bonchev–Trinajstić information content (AvgIpc) is 2.85. The minimum absolute atomic E-state index is 0.184. The van der Waals surface area contributed by atoms with Crippen LogP contribution in [0.5, 0.6) is 5.75 Å². The first-order valence-electron chi connectivity index (χ1n) is 6.75.